The van der Waals surface area contributed by atoms with Gasteiger partial charge in [0, 0.05) is 5.56 Å². The SMILES string of the molecule is COc1cc(C(=O)NNS(=O)(=O)c2ccc(F)cc2C)ccc1OCCC(C)C. The van der Waals surface area contributed by atoms with Crippen LogP contribution in [0.5, 0.6) is 11.5 Å². The fraction of sp³-hybridized carbons (Fsp3) is 0.350. The van der Waals surface area contributed by atoms with Crippen LogP contribution < -0.4 is 19.7 Å². The number of hydrogen-bond donors (Lipinski definition) is 2. The maximum Gasteiger partial charge on any atom is 0.266 e. The monoisotopic (exact) mass is 424 g/mol. The molecule has 7 nitrogen and oxygen atoms in total. The molecule has 158 valence electrons. The van der Waals surface area contributed by atoms with Crippen molar-refractivity contribution in [1.29, 1.82) is 0 Å². The number of carbonyl (C=O) groups excluding carboxylic acids is 1. The fourth-order valence-electron chi connectivity index (χ4n) is 2.49. The number of carbonyl (C=O) groups is 1. The van der Waals surface area contributed by atoms with Crippen LogP contribution in [0.4, 0.5) is 4.39 Å². The third-order valence-corrected chi connectivity index (χ3v) is 5.51. The lowest BCUT2D eigenvalue weighted by Gasteiger charge is -2.14. The van der Waals surface area contributed by atoms with Crippen LogP contribution in [-0.2, 0) is 10.0 Å². The number of sulfonamides is 1. The Morgan fingerprint density at radius 1 is 1.14 bits per heavy atom. The first-order valence-electron chi connectivity index (χ1n) is 9.03. The van der Waals surface area contributed by atoms with Gasteiger partial charge < -0.3 is 9.47 Å². The van der Waals surface area contributed by atoms with Gasteiger partial charge in [-0.25, -0.2) is 12.8 Å². The van der Waals surface area contributed by atoms with E-state index in [1.165, 1.54) is 26.2 Å². The van der Waals surface area contributed by atoms with Crippen molar-refractivity contribution in [1.82, 2.24) is 10.3 Å². The molecule has 0 saturated heterocycles. The van der Waals surface area contributed by atoms with Crippen LogP contribution in [-0.4, -0.2) is 28.0 Å². The van der Waals surface area contributed by atoms with Crippen LogP contribution in [0.25, 0.3) is 0 Å². The largest absolute Gasteiger partial charge is 0.493 e. The topological polar surface area (TPSA) is 93.7 Å². The molecule has 29 heavy (non-hydrogen) atoms. The molecule has 0 saturated carbocycles. The highest BCUT2D eigenvalue weighted by Crippen LogP contribution is 2.28. The van der Waals surface area contributed by atoms with Gasteiger partial charge in [0.05, 0.1) is 18.6 Å². The number of ether oxygens (including phenoxy) is 2. The lowest BCUT2D eigenvalue weighted by atomic mass is 10.1. The van der Waals surface area contributed by atoms with Crippen LogP contribution >= 0.6 is 0 Å². The number of aryl methyl sites for hydroxylation is 1. The Bertz CT molecular complexity index is 977. The number of methoxy groups -OCH3 is 1. The van der Waals surface area contributed by atoms with E-state index in [4.69, 9.17) is 9.47 Å². The molecule has 0 aromatic heterocycles. The van der Waals surface area contributed by atoms with Crippen molar-refractivity contribution in [3.05, 3.63) is 53.3 Å². The van der Waals surface area contributed by atoms with E-state index >= 15 is 0 Å². The van der Waals surface area contributed by atoms with E-state index in [1.807, 2.05) is 4.83 Å². The molecule has 0 aliphatic rings. The molecule has 2 rings (SSSR count). The maximum atomic E-state index is 13.2. The van der Waals surface area contributed by atoms with E-state index in [1.54, 1.807) is 6.07 Å². The smallest absolute Gasteiger partial charge is 0.266 e. The van der Waals surface area contributed by atoms with Crippen molar-refractivity contribution >= 4 is 15.9 Å². The Labute approximate surface area is 170 Å². The summed E-state index contributed by atoms with van der Waals surface area (Å²) in [6, 6.07) is 7.81. The number of halogens is 1. The van der Waals surface area contributed by atoms with Gasteiger partial charge in [0.1, 0.15) is 5.82 Å². The molecule has 0 fully saturated rings. The first-order chi connectivity index (χ1) is 13.6. The Balaban J connectivity index is 2.08. The summed E-state index contributed by atoms with van der Waals surface area (Å²) < 4.78 is 48.8. The van der Waals surface area contributed by atoms with Crippen LogP contribution in [0.1, 0.15) is 36.2 Å². The van der Waals surface area contributed by atoms with E-state index in [0.29, 0.717) is 24.0 Å². The minimum atomic E-state index is -4.06. The summed E-state index contributed by atoms with van der Waals surface area (Å²) in [5.41, 5.74) is 2.54. The molecule has 2 aromatic carbocycles. The highest BCUT2D eigenvalue weighted by Gasteiger charge is 2.19. The quantitative estimate of drug-likeness (QED) is 0.603. The third kappa shape index (κ3) is 6.16. The normalized spacial score (nSPS) is 11.4. The Morgan fingerprint density at radius 3 is 2.48 bits per heavy atom. The summed E-state index contributed by atoms with van der Waals surface area (Å²) in [5, 5.41) is 0. The predicted molar refractivity (Wildman–Crippen MR) is 107 cm³/mol. The van der Waals surface area contributed by atoms with E-state index in [2.05, 4.69) is 19.3 Å². The van der Waals surface area contributed by atoms with Gasteiger partial charge in [-0.1, -0.05) is 13.8 Å². The number of amides is 1. The zero-order chi connectivity index (χ0) is 21.6. The van der Waals surface area contributed by atoms with Crippen molar-refractivity contribution in [3.8, 4) is 11.5 Å². The Kier molecular flexibility index (Phi) is 7.58. The number of rotatable bonds is 9. The minimum Gasteiger partial charge on any atom is -0.493 e. The van der Waals surface area contributed by atoms with Gasteiger partial charge in [0.25, 0.3) is 15.9 Å². The van der Waals surface area contributed by atoms with Gasteiger partial charge >= 0.3 is 0 Å². The molecule has 0 aliphatic carbocycles. The summed E-state index contributed by atoms with van der Waals surface area (Å²) in [6.07, 6.45) is 0.871. The second kappa shape index (κ2) is 9.71. The van der Waals surface area contributed by atoms with Crippen molar-refractivity contribution in [2.45, 2.75) is 32.1 Å². The van der Waals surface area contributed by atoms with Crippen molar-refractivity contribution in [2.75, 3.05) is 13.7 Å². The molecule has 0 unspecified atom stereocenters. The van der Waals surface area contributed by atoms with Crippen molar-refractivity contribution < 1.29 is 27.1 Å². The average molecular weight is 424 g/mol. The molecule has 0 bridgehead atoms. The fourth-order valence-corrected chi connectivity index (χ4v) is 3.55. The summed E-state index contributed by atoms with van der Waals surface area (Å²) in [6.45, 7) is 6.14. The van der Waals surface area contributed by atoms with Gasteiger partial charge in [0.2, 0.25) is 0 Å². The minimum absolute atomic E-state index is 0.134. The zero-order valence-corrected chi connectivity index (χ0v) is 17.6. The number of nitrogens with one attached hydrogen (secondary N) is 2. The highest BCUT2D eigenvalue weighted by molar-refractivity contribution is 7.89. The average Bonchev–Trinajstić information content (AvgIpc) is 2.65. The predicted octanol–water partition coefficient (Wildman–Crippen LogP) is 3.19. The third-order valence-electron chi connectivity index (χ3n) is 4.10. The highest BCUT2D eigenvalue weighted by atomic mass is 32.2. The number of hydrazine groups is 1. The molecule has 2 N–H and O–H groups in total. The van der Waals surface area contributed by atoms with Gasteiger partial charge in [-0.2, -0.15) is 0 Å². The van der Waals surface area contributed by atoms with E-state index in [0.717, 1.165) is 24.6 Å². The molecular weight excluding hydrogens is 399 g/mol. The second-order valence-corrected chi connectivity index (χ2v) is 8.52. The van der Waals surface area contributed by atoms with Gasteiger partial charge in [-0.15, -0.1) is 4.83 Å². The van der Waals surface area contributed by atoms with Crippen LogP contribution in [0.15, 0.2) is 41.3 Å². The van der Waals surface area contributed by atoms with E-state index in [9.17, 15) is 17.6 Å². The number of hydrogen-bond acceptors (Lipinski definition) is 5. The Morgan fingerprint density at radius 2 is 1.86 bits per heavy atom. The summed E-state index contributed by atoms with van der Waals surface area (Å²) in [4.78, 5) is 14.2. The van der Waals surface area contributed by atoms with Gasteiger partial charge in [-0.05, 0) is 61.2 Å². The van der Waals surface area contributed by atoms with Crippen LogP contribution in [0, 0.1) is 18.7 Å². The lowest BCUT2D eigenvalue weighted by Crippen LogP contribution is -2.41. The van der Waals surface area contributed by atoms with E-state index < -0.39 is 21.7 Å². The molecule has 0 spiro atoms. The Hall–Kier alpha value is -2.65. The summed E-state index contributed by atoms with van der Waals surface area (Å²) in [7, 11) is -2.61. The molecule has 9 heteroatoms. The first-order valence-corrected chi connectivity index (χ1v) is 10.5. The molecule has 0 aliphatic heterocycles. The van der Waals surface area contributed by atoms with Gasteiger partial charge in [0.15, 0.2) is 11.5 Å². The van der Waals surface area contributed by atoms with Crippen molar-refractivity contribution in [2.24, 2.45) is 5.92 Å². The summed E-state index contributed by atoms with van der Waals surface area (Å²) in [5.74, 6) is 0.114. The lowest BCUT2D eigenvalue weighted by molar-refractivity contribution is 0.0944. The molecule has 2 aromatic rings. The van der Waals surface area contributed by atoms with E-state index in [-0.39, 0.29) is 16.0 Å². The van der Waals surface area contributed by atoms with Crippen LogP contribution in [0.3, 0.4) is 0 Å². The molecule has 0 atom stereocenters. The van der Waals surface area contributed by atoms with Crippen LogP contribution in [0.2, 0.25) is 0 Å². The zero-order valence-electron chi connectivity index (χ0n) is 16.8. The second-order valence-electron chi connectivity index (χ2n) is 6.87. The standard InChI is InChI=1S/C20H25FN2O5S/c1-13(2)9-10-28-17-7-5-15(12-18(17)27-4)20(24)22-23-29(25,26)19-8-6-16(21)11-14(19)3/h5-8,11-13,23H,9-10H2,1-4H3,(H,22,24). The summed E-state index contributed by atoms with van der Waals surface area (Å²) >= 11 is 0. The molecule has 1 amide bonds. The number of benzene rings is 2. The first kappa shape index (κ1) is 22.6. The maximum absolute atomic E-state index is 13.2. The molecular formula is C20H25FN2O5S. The molecule has 0 radical (unpaired) electrons. The van der Waals surface area contributed by atoms with Crippen molar-refractivity contribution in [3.63, 3.8) is 0 Å². The van der Waals surface area contributed by atoms with Gasteiger partial charge in [-0.3, -0.25) is 10.2 Å². The molecule has 0 heterocycles.